The van der Waals surface area contributed by atoms with E-state index in [1.165, 1.54) is 28.7 Å². The Hall–Kier alpha value is -1.94. The number of hydrogen-bond donors (Lipinski definition) is 0. The molecule has 0 spiro atoms. The third-order valence-corrected chi connectivity index (χ3v) is 5.43. The molecule has 0 radical (unpaired) electrons. The van der Waals surface area contributed by atoms with Gasteiger partial charge < -0.3 is 4.90 Å². The third-order valence-electron chi connectivity index (χ3n) is 4.19. The fraction of sp³-hybridized carbons (Fsp3) is 0.294. The Labute approximate surface area is 128 Å². The lowest BCUT2D eigenvalue weighted by atomic mass is 10.1. The van der Waals surface area contributed by atoms with Crippen LogP contribution >= 0.6 is 11.3 Å². The molecule has 106 valence electrons. The van der Waals surface area contributed by atoms with Gasteiger partial charge in [-0.2, -0.15) is 0 Å². The summed E-state index contributed by atoms with van der Waals surface area (Å²) in [6.07, 6.45) is 6.18. The molecule has 3 heterocycles. The van der Waals surface area contributed by atoms with Gasteiger partial charge in [-0.15, -0.1) is 0 Å². The summed E-state index contributed by atoms with van der Waals surface area (Å²) in [6.45, 7) is 3.25. The first-order chi connectivity index (χ1) is 10.3. The lowest BCUT2D eigenvalue weighted by Crippen LogP contribution is -2.22. The van der Waals surface area contributed by atoms with Gasteiger partial charge in [0, 0.05) is 18.9 Å². The monoisotopic (exact) mass is 295 g/mol. The topological polar surface area (TPSA) is 29.0 Å². The van der Waals surface area contributed by atoms with Gasteiger partial charge in [-0.25, -0.2) is 4.98 Å². The Bertz CT molecular complexity index is 766. The summed E-state index contributed by atoms with van der Waals surface area (Å²) in [5.74, 6) is 0. The summed E-state index contributed by atoms with van der Waals surface area (Å²) in [5, 5.41) is 1.15. The molecule has 3 aromatic rings. The molecule has 4 heteroatoms. The molecule has 1 saturated heterocycles. The van der Waals surface area contributed by atoms with Crippen LogP contribution in [0.25, 0.3) is 10.2 Å². The van der Waals surface area contributed by atoms with Crippen LogP contribution in [0.2, 0.25) is 0 Å². The van der Waals surface area contributed by atoms with Crippen molar-refractivity contribution in [1.29, 1.82) is 0 Å². The Morgan fingerprint density at radius 2 is 2.05 bits per heavy atom. The predicted octanol–water partition coefficient (Wildman–Crippen LogP) is 4.34. The Morgan fingerprint density at radius 3 is 2.86 bits per heavy atom. The number of anilines is 1. The molecule has 1 fully saturated rings. The van der Waals surface area contributed by atoms with E-state index in [9.17, 15) is 0 Å². The summed E-state index contributed by atoms with van der Waals surface area (Å²) < 4.78 is 1.31. The molecule has 0 N–H and O–H groups in total. The fourth-order valence-electron chi connectivity index (χ4n) is 3.13. The molecule has 0 saturated carbocycles. The standard InChI is InChI=1S/C17H17N3S/c1-12-4-2-5-14-16(12)21-17(19-14)20-11-3-6-15(20)13-7-9-18-10-8-13/h2,4-5,7-10,15H,3,6,11H2,1H3. The van der Waals surface area contributed by atoms with Gasteiger partial charge in [-0.3, -0.25) is 4.98 Å². The number of rotatable bonds is 2. The lowest BCUT2D eigenvalue weighted by Gasteiger charge is -2.24. The Morgan fingerprint density at radius 1 is 1.19 bits per heavy atom. The van der Waals surface area contributed by atoms with Gasteiger partial charge in [0.05, 0.1) is 16.3 Å². The molecule has 0 amide bonds. The highest BCUT2D eigenvalue weighted by atomic mass is 32.1. The van der Waals surface area contributed by atoms with E-state index in [2.05, 4.69) is 47.1 Å². The second-order valence-electron chi connectivity index (χ2n) is 5.55. The summed E-state index contributed by atoms with van der Waals surface area (Å²) in [5.41, 5.74) is 3.78. The van der Waals surface area contributed by atoms with E-state index >= 15 is 0 Å². The number of aryl methyl sites for hydroxylation is 1. The van der Waals surface area contributed by atoms with Gasteiger partial charge >= 0.3 is 0 Å². The van der Waals surface area contributed by atoms with E-state index in [1.807, 2.05) is 23.7 Å². The minimum Gasteiger partial charge on any atom is -0.341 e. The fourth-order valence-corrected chi connectivity index (χ4v) is 4.24. The minimum atomic E-state index is 0.439. The molecule has 21 heavy (non-hydrogen) atoms. The third kappa shape index (κ3) is 2.20. The molecular formula is C17H17N3S. The first kappa shape index (κ1) is 12.8. The van der Waals surface area contributed by atoms with Crippen LogP contribution in [0, 0.1) is 6.92 Å². The lowest BCUT2D eigenvalue weighted by molar-refractivity contribution is 0.716. The molecule has 1 unspecified atom stereocenters. The van der Waals surface area contributed by atoms with Crippen LogP contribution in [0.3, 0.4) is 0 Å². The van der Waals surface area contributed by atoms with Gasteiger partial charge in [0.15, 0.2) is 5.13 Å². The second-order valence-corrected chi connectivity index (χ2v) is 6.53. The van der Waals surface area contributed by atoms with Crippen molar-refractivity contribution in [1.82, 2.24) is 9.97 Å². The minimum absolute atomic E-state index is 0.439. The van der Waals surface area contributed by atoms with Gasteiger partial charge in [0.25, 0.3) is 0 Å². The molecule has 4 rings (SSSR count). The molecule has 1 aliphatic heterocycles. The zero-order valence-corrected chi connectivity index (χ0v) is 12.8. The van der Waals surface area contributed by atoms with Crippen molar-refractivity contribution in [3.8, 4) is 0 Å². The zero-order valence-electron chi connectivity index (χ0n) is 12.0. The van der Waals surface area contributed by atoms with E-state index < -0.39 is 0 Å². The van der Waals surface area contributed by atoms with Crippen molar-refractivity contribution in [2.75, 3.05) is 11.4 Å². The molecule has 0 bridgehead atoms. The number of hydrogen-bond acceptors (Lipinski definition) is 4. The van der Waals surface area contributed by atoms with Crippen LogP contribution in [-0.4, -0.2) is 16.5 Å². The largest absolute Gasteiger partial charge is 0.341 e. The van der Waals surface area contributed by atoms with E-state index in [1.54, 1.807) is 0 Å². The molecule has 3 nitrogen and oxygen atoms in total. The smallest absolute Gasteiger partial charge is 0.186 e. The first-order valence-corrected chi connectivity index (χ1v) is 8.17. The van der Waals surface area contributed by atoms with Crippen LogP contribution < -0.4 is 4.90 Å². The zero-order chi connectivity index (χ0) is 14.2. The highest BCUT2D eigenvalue weighted by Crippen LogP contribution is 2.40. The molecule has 2 aromatic heterocycles. The van der Waals surface area contributed by atoms with Gasteiger partial charge in [0.1, 0.15) is 0 Å². The van der Waals surface area contributed by atoms with Crippen LogP contribution in [0.1, 0.15) is 30.0 Å². The number of benzene rings is 1. The predicted molar refractivity (Wildman–Crippen MR) is 87.9 cm³/mol. The average molecular weight is 295 g/mol. The molecule has 1 atom stereocenters. The van der Waals surface area contributed by atoms with Gasteiger partial charge in [-0.1, -0.05) is 23.5 Å². The van der Waals surface area contributed by atoms with E-state index in [0.717, 1.165) is 17.2 Å². The number of pyridine rings is 1. The van der Waals surface area contributed by atoms with Crippen molar-refractivity contribution in [2.45, 2.75) is 25.8 Å². The quantitative estimate of drug-likeness (QED) is 0.704. The van der Waals surface area contributed by atoms with Crippen molar-refractivity contribution in [3.63, 3.8) is 0 Å². The SMILES string of the molecule is Cc1cccc2nc(N3CCCC3c3ccncc3)sc12. The van der Waals surface area contributed by atoms with Crippen molar-refractivity contribution in [3.05, 3.63) is 53.9 Å². The van der Waals surface area contributed by atoms with Crippen LogP contribution in [0.4, 0.5) is 5.13 Å². The van der Waals surface area contributed by atoms with Crippen molar-refractivity contribution in [2.24, 2.45) is 0 Å². The highest BCUT2D eigenvalue weighted by molar-refractivity contribution is 7.22. The highest BCUT2D eigenvalue weighted by Gasteiger charge is 2.28. The summed E-state index contributed by atoms with van der Waals surface area (Å²) in [7, 11) is 0. The average Bonchev–Trinajstić information content (AvgIpc) is 3.15. The molecule has 1 aromatic carbocycles. The van der Waals surface area contributed by atoms with Gasteiger partial charge in [-0.05, 0) is 49.1 Å². The van der Waals surface area contributed by atoms with Crippen molar-refractivity contribution >= 4 is 26.7 Å². The summed E-state index contributed by atoms with van der Waals surface area (Å²) in [4.78, 5) is 11.4. The summed E-state index contributed by atoms with van der Waals surface area (Å²) in [6, 6.07) is 11.1. The number of nitrogens with zero attached hydrogens (tertiary/aromatic N) is 3. The number of aromatic nitrogens is 2. The Balaban J connectivity index is 1.75. The van der Waals surface area contributed by atoms with E-state index in [4.69, 9.17) is 4.98 Å². The molecule has 0 aliphatic carbocycles. The normalized spacial score (nSPS) is 18.5. The molecule has 1 aliphatic rings. The van der Waals surface area contributed by atoms with E-state index in [0.29, 0.717) is 6.04 Å². The maximum absolute atomic E-state index is 4.86. The van der Waals surface area contributed by atoms with Crippen LogP contribution in [-0.2, 0) is 0 Å². The maximum atomic E-state index is 4.86. The maximum Gasteiger partial charge on any atom is 0.186 e. The van der Waals surface area contributed by atoms with Crippen LogP contribution in [0.5, 0.6) is 0 Å². The first-order valence-electron chi connectivity index (χ1n) is 7.35. The van der Waals surface area contributed by atoms with E-state index in [-0.39, 0.29) is 0 Å². The summed E-state index contributed by atoms with van der Waals surface area (Å²) >= 11 is 1.82. The number of fused-ring (bicyclic) bond motifs is 1. The Kier molecular flexibility index (Phi) is 3.11. The molecular weight excluding hydrogens is 278 g/mol. The van der Waals surface area contributed by atoms with Crippen molar-refractivity contribution < 1.29 is 0 Å². The second kappa shape index (κ2) is 5.11. The number of thiazole rings is 1. The van der Waals surface area contributed by atoms with Gasteiger partial charge in [0.2, 0.25) is 0 Å². The van der Waals surface area contributed by atoms with Crippen LogP contribution in [0.15, 0.2) is 42.7 Å².